The predicted octanol–water partition coefficient (Wildman–Crippen LogP) is 1.79. The normalized spacial score (nSPS) is 25.9. The number of nitrogens with one attached hydrogen (secondary N) is 1. The second-order valence-corrected chi connectivity index (χ2v) is 5.36. The van der Waals surface area contributed by atoms with Crippen LogP contribution in [0.25, 0.3) is 0 Å². The van der Waals surface area contributed by atoms with Gasteiger partial charge in [-0.15, -0.1) is 0 Å². The molecule has 0 radical (unpaired) electrons. The molecule has 0 amide bonds. The molecule has 1 heterocycles. The van der Waals surface area contributed by atoms with Crippen LogP contribution in [0, 0.1) is 17.8 Å². The third kappa shape index (κ3) is 2.74. The summed E-state index contributed by atoms with van der Waals surface area (Å²) in [5, 5.41) is 3.59. The number of aromatic nitrogens is 2. The standard InChI is InChI=1S/C13H15ClN4/c14-13-16-7-9(2-1-8-5-10(15)6-8)12(18-13)17-11-3-4-11/h7-8,10-11H,3-6,15H2,(H,16,17,18)/t8-,10+. The SMILES string of the molecule is N[C@H]1C[C@@H](C#Cc2cnc(Cl)nc2NC2CC2)C1. The van der Waals surface area contributed by atoms with E-state index >= 15 is 0 Å². The smallest absolute Gasteiger partial charge is 0.224 e. The van der Waals surface area contributed by atoms with E-state index in [0.717, 1.165) is 24.2 Å². The van der Waals surface area contributed by atoms with Gasteiger partial charge in [-0.05, 0) is 37.3 Å². The molecule has 2 saturated carbocycles. The van der Waals surface area contributed by atoms with Crippen molar-refractivity contribution in [3.63, 3.8) is 0 Å². The molecule has 18 heavy (non-hydrogen) atoms. The van der Waals surface area contributed by atoms with Crippen molar-refractivity contribution in [1.82, 2.24) is 9.97 Å². The van der Waals surface area contributed by atoms with E-state index in [0.29, 0.717) is 18.0 Å². The molecule has 3 N–H and O–H groups in total. The summed E-state index contributed by atoms with van der Waals surface area (Å²) < 4.78 is 0. The Kier molecular flexibility index (Phi) is 3.11. The van der Waals surface area contributed by atoms with Crippen LogP contribution in [0.4, 0.5) is 5.82 Å². The molecular formula is C13H15ClN4. The van der Waals surface area contributed by atoms with Gasteiger partial charge in [-0.1, -0.05) is 11.8 Å². The van der Waals surface area contributed by atoms with E-state index in [2.05, 4.69) is 27.1 Å². The Hall–Kier alpha value is -1.31. The van der Waals surface area contributed by atoms with Crippen LogP contribution in [0.3, 0.4) is 0 Å². The highest BCUT2D eigenvalue weighted by molar-refractivity contribution is 6.28. The monoisotopic (exact) mass is 262 g/mol. The summed E-state index contributed by atoms with van der Waals surface area (Å²) in [4.78, 5) is 8.20. The van der Waals surface area contributed by atoms with Gasteiger partial charge in [0.15, 0.2) is 0 Å². The third-order valence-electron chi connectivity index (χ3n) is 3.26. The van der Waals surface area contributed by atoms with Crippen LogP contribution in [0.2, 0.25) is 5.28 Å². The molecule has 2 fully saturated rings. The predicted molar refractivity (Wildman–Crippen MR) is 71.3 cm³/mol. The second-order valence-electron chi connectivity index (χ2n) is 5.02. The van der Waals surface area contributed by atoms with Gasteiger partial charge in [0.05, 0.1) is 5.56 Å². The van der Waals surface area contributed by atoms with Crippen LogP contribution >= 0.6 is 11.6 Å². The first-order valence-electron chi connectivity index (χ1n) is 6.27. The van der Waals surface area contributed by atoms with Crippen LogP contribution in [-0.2, 0) is 0 Å². The molecule has 94 valence electrons. The Labute approximate surface area is 111 Å². The lowest BCUT2D eigenvalue weighted by molar-refractivity contribution is 0.335. The summed E-state index contributed by atoms with van der Waals surface area (Å²) in [5.41, 5.74) is 6.57. The molecule has 5 heteroatoms. The van der Waals surface area contributed by atoms with Crippen LogP contribution < -0.4 is 11.1 Å². The maximum atomic E-state index is 5.81. The van der Waals surface area contributed by atoms with Gasteiger partial charge in [-0.3, -0.25) is 0 Å². The Morgan fingerprint density at radius 1 is 1.39 bits per heavy atom. The average Bonchev–Trinajstić information content (AvgIpc) is 3.09. The minimum absolute atomic E-state index is 0.259. The fraction of sp³-hybridized carbons (Fsp3) is 0.538. The van der Waals surface area contributed by atoms with Crippen molar-refractivity contribution in [3.8, 4) is 11.8 Å². The van der Waals surface area contributed by atoms with E-state index in [4.69, 9.17) is 17.3 Å². The van der Waals surface area contributed by atoms with Crippen molar-refractivity contribution in [3.05, 3.63) is 17.0 Å². The van der Waals surface area contributed by atoms with Crippen molar-refractivity contribution in [1.29, 1.82) is 0 Å². The average molecular weight is 263 g/mol. The Bertz CT molecular complexity index is 509. The van der Waals surface area contributed by atoms with Gasteiger partial charge in [-0.25, -0.2) is 4.98 Å². The molecule has 3 rings (SSSR count). The summed E-state index contributed by atoms with van der Waals surface area (Å²) in [6, 6.07) is 0.850. The highest BCUT2D eigenvalue weighted by Crippen LogP contribution is 2.27. The first kappa shape index (κ1) is 11.8. The van der Waals surface area contributed by atoms with Crippen molar-refractivity contribution in [2.24, 2.45) is 11.7 Å². The first-order chi connectivity index (χ1) is 8.70. The summed E-state index contributed by atoms with van der Waals surface area (Å²) in [6.07, 6.45) is 6.04. The minimum Gasteiger partial charge on any atom is -0.366 e. The summed E-state index contributed by atoms with van der Waals surface area (Å²) in [6.45, 7) is 0. The zero-order valence-corrected chi connectivity index (χ0v) is 10.7. The molecule has 4 nitrogen and oxygen atoms in total. The molecule has 1 aromatic rings. The molecule has 2 aliphatic rings. The van der Waals surface area contributed by atoms with Crippen molar-refractivity contribution < 1.29 is 0 Å². The van der Waals surface area contributed by atoms with Gasteiger partial charge in [0.2, 0.25) is 5.28 Å². The molecule has 0 bridgehead atoms. The topological polar surface area (TPSA) is 63.8 Å². The van der Waals surface area contributed by atoms with E-state index in [1.54, 1.807) is 6.20 Å². The molecule has 1 aromatic heterocycles. The van der Waals surface area contributed by atoms with Gasteiger partial charge in [0.1, 0.15) is 5.82 Å². The lowest BCUT2D eigenvalue weighted by Gasteiger charge is -2.27. The zero-order valence-electron chi connectivity index (χ0n) is 9.99. The van der Waals surface area contributed by atoms with Gasteiger partial charge >= 0.3 is 0 Å². The number of nitrogens with zero attached hydrogens (tertiary/aromatic N) is 2. The summed E-state index contributed by atoms with van der Waals surface area (Å²) >= 11 is 5.81. The zero-order chi connectivity index (χ0) is 12.5. The number of rotatable bonds is 2. The fourth-order valence-electron chi connectivity index (χ4n) is 1.94. The highest BCUT2D eigenvalue weighted by Gasteiger charge is 2.24. The van der Waals surface area contributed by atoms with Crippen LogP contribution in [-0.4, -0.2) is 22.1 Å². The van der Waals surface area contributed by atoms with Crippen LogP contribution in [0.1, 0.15) is 31.2 Å². The summed E-state index contributed by atoms with van der Waals surface area (Å²) in [5.74, 6) is 7.55. The minimum atomic E-state index is 0.259. The lowest BCUT2D eigenvalue weighted by atomic mass is 9.81. The quantitative estimate of drug-likeness (QED) is 0.630. The van der Waals surface area contributed by atoms with Gasteiger partial charge < -0.3 is 11.1 Å². The third-order valence-corrected chi connectivity index (χ3v) is 3.45. The van der Waals surface area contributed by atoms with Crippen LogP contribution in [0.5, 0.6) is 0 Å². The molecule has 0 atom stereocenters. The number of halogens is 1. The molecule has 0 aromatic carbocycles. The maximum Gasteiger partial charge on any atom is 0.224 e. The largest absolute Gasteiger partial charge is 0.366 e. The second kappa shape index (κ2) is 4.75. The highest BCUT2D eigenvalue weighted by atomic mass is 35.5. The van der Waals surface area contributed by atoms with E-state index in [-0.39, 0.29) is 5.28 Å². The van der Waals surface area contributed by atoms with E-state index in [1.165, 1.54) is 12.8 Å². The van der Waals surface area contributed by atoms with Gasteiger partial charge in [0, 0.05) is 24.2 Å². The van der Waals surface area contributed by atoms with Crippen molar-refractivity contribution in [2.75, 3.05) is 5.32 Å². The first-order valence-corrected chi connectivity index (χ1v) is 6.64. The molecule has 0 aliphatic heterocycles. The molecule has 0 spiro atoms. The summed E-state index contributed by atoms with van der Waals surface area (Å²) in [7, 11) is 0. The van der Waals surface area contributed by atoms with Crippen molar-refractivity contribution in [2.45, 2.75) is 37.8 Å². The molecule has 0 saturated heterocycles. The molecular weight excluding hydrogens is 248 g/mol. The maximum absolute atomic E-state index is 5.81. The molecule has 0 unspecified atom stereocenters. The fourth-order valence-corrected chi connectivity index (χ4v) is 2.08. The van der Waals surface area contributed by atoms with E-state index in [1.807, 2.05) is 0 Å². The Morgan fingerprint density at radius 2 is 2.17 bits per heavy atom. The number of hydrogen-bond acceptors (Lipinski definition) is 4. The van der Waals surface area contributed by atoms with E-state index in [9.17, 15) is 0 Å². The van der Waals surface area contributed by atoms with Crippen molar-refractivity contribution >= 4 is 17.4 Å². The Morgan fingerprint density at radius 3 is 2.83 bits per heavy atom. The lowest BCUT2D eigenvalue weighted by Crippen LogP contribution is -2.35. The Balaban J connectivity index is 1.76. The van der Waals surface area contributed by atoms with Crippen LogP contribution in [0.15, 0.2) is 6.20 Å². The number of nitrogens with two attached hydrogens (primary N) is 1. The number of anilines is 1. The number of hydrogen-bond donors (Lipinski definition) is 2. The van der Waals surface area contributed by atoms with Gasteiger partial charge in [0.25, 0.3) is 0 Å². The molecule has 2 aliphatic carbocycles. The van der Waals surface area contributed by atoms with Gasteiger partial charge in [-0.2, -0.15) is 4.98 Å². The van der Waals surface area contributed by atoms with E-state index < -0.39 is 0 Å².